The van der Waals surface area contributed by atoms with Gasteiger partial charge in [-0.25, -0.2) is 4.98 Å². The fraction of sp³-hybridized carbons (Fsp3) is 0.211. The SMILES string of the molecule is CCc1cc2c(=O)n(CC(=O)c3sc4ccccc4c3C)cnc2s1. The average molecular weight is 368 g/mol. The van der Waals surface area contributed by atoms with E-state index in [4.69, 9.17) is 0 Å². The van der Waals surface area contributed by atoms with Gasteiger partial charge in [0, 0.05) is 9.58 Å². The van der Waals surface area contributed by atoms with Crippen LogP contribution in [0.5, 0.6) is 0 Å². The van der Waals surface area contributed by atoms with Crippen molar-refractivity contribution in [1.29, 1.82) is 0 Å². The Balaban J connectivity index is 1.72. The highest BCUT2D eigenvalue weighted by atomic mass is 32.1. The summed E-state index contributed by atoms with van der Waals surface area (Å²) in [7, 11) is 0. The van der Waals surface area contributed by atoms with Gasteiger partial charge in [0.2, 0.25) is 0 Å². The van der Waals surface area contributed by atoms with Gasteiger partial charge in [0.1, 0.15) is 4.83 Å². The summed E-state index contributed by atoms with van der Waals surface area (Å²) in [5, 5.41) is 1.70. The van der Waals surface area contributed by atoms with Gasteiger partial charge in [0.15, 0.2) is 5.78 Å². The van der Waals surface area contributed by atoms with E-state index in [9.17, 15) is 9.59 Å². The molecule has 0 spiro atoms. The van der Waals surface area contributed by atoms with Gasteiger partial charge in [-0.15, -0.1) is 22.7 Å². The van der Waals surface area contributed by atoms with Crippen molar-refractivity contribution in [3.8, 4) is 0 Å². The largest absolute Gasteiger partial charge is 0.291 e. The average Bonchev–Trinajstić information content (AvgIpc) is 3.19. The molecule has 126 valence electrons. The number of benzene rings is 1. The van der Waals surface area contributed by atoms with E-state index in [0.29, 0.717) is 10.3 Å². The van der Waals surface area contributed by atoms with Crippen LogP contribution in [0.15, 0.2) is 41.5 Å². The zero-order chi connectivity index (χ0) is 17.6. The highest BCUT2D eigenvalue weighted by molar-refractivity contribution is 7.21. The molecule has 1 aromatic carbocycles. The van der Waals surface area contributed by atoms with Gasteiger partial charge < -0.3 is 0 Å². The van der Waals surface area contributed by atoms with Gasteiger partial charge in [0.05, 0.1) is 23.1 Å². The van der Waals surface area contributed by atoms with E-state index in [1.165, 1.54) is 33.6 Å². The highest BCUT2D eigenvalue weighted by Gasteiger charge is 2.17. The van der Waals surface area contributed by atoms with E-state index in [1.54, 1.807) is 0 Å². The van der Waals surface area contributed by atoms with Crippen LogP contribution in [0.4, 0.5) is 0 Å². The minimum Gasteiger partial charge on any atom is -0.291 e. The standard InChI is InChI=1S/C19H16N2O2S2/c1-3-12-8-14-18(24-12)20-10-21(19(14)23)9-15(22)17-11(2)13-6-4-5-7-16(13)25-17/h4-8,10H,3,9H2,1-2H3. The molecule has 0 N–H and O–H groups in total. The van der Waals surface area contributed by atoms with Gasteiger partial charge in [-0.05, 0) is 36.4 Å². The van der Waals surface area contributed by atoms with E-state index < -0.39 is 0 Å². The third kappa shape index (κ3) is 2.71. The van der Waals surface area contributed by atoms with Crippen LogP contribution in [-0.4, -0.2) is 15.3 Å². The summed E-state index contributed by atoms with van der Waals surface area (Å²) in [5.41, 5.74) is 0.838. The number of carbonyl (C=O) groups excluding carboxylic acids is 1. The Labute approximate surface area is 152 Å². The van der Waals surface area contributed by atoms with E-state index in [0.717, 1.165) is 31.8 Å². The van der Waals surface area contributed by atoms with Crippen LogP contribution < -0.4 is 5.56 Å². The number of rotatable bonds is 4. The fourth-order valence-corrected chi connectivity index (χ4v) is 5.03. The summed E-state index contributed by atoms with van der Waals surface area (Å²) >= 11 is 3.02. The highest BCUT2D eigenvalue weighted by Crippen LogP contribution is 2.31. The lowest BCUT2D eigenvalue weighted by molar-refractivity contribution is 0.0974. The van der Waals surface area contributed by atoms with Gasteiger partial charge in [-0.3, -0.25) is 14.2 Å². The van der Waals surface area contributed by atoms with Crippen LogP contribution in [0.1, 0.15) is 27.0 Å². The first kappa shape index (κ1) is 16.2. The minimum atomic E-state index is -0.145. The van der Waals surface area contributed by atoms with E-state index in [-0.39, 0.29) is 17.9 Å². The van der Waals surface area contributed by atoms with Gasteiger partial charge >= 0.3 is 0 Å². The molecule has 0 amide bonds. The number of nitrogens with zero attached hydrogens (tertiary/aromatic N) is 2. The number of hydrogen-bond donors (Lipinski definition) is 0. The number of ketones is 1. The third-order valence-electron chi connectivity index (χ3n) is 4.33. The summed E-state index contributed by atoms with van der Waals surface area (Å²) in [6.07, 6.45) is 2.36. The molecule has 0 saturated heterocycles. The lowest BCUT2D eigenvalue weighted by Gasteiger charge is -2.04. The van der Waals surface area contributed by atoms with Crippen molar-refractivity contribution in [3.05, 3.63) is 62.3 Å². The van der Waals surface area contributed by atoms with Crippen LogP contribution in [-0.2, 0) is 13.0 Å². The molecule has 0 atom stereocenters. The molecule has 3 heterocycles. The molecule has 4 aromatic rings. The molecule has 4 nitrogen and oxygen atoms in total. The minimum absolute atomic E-state index is 0.0206. The third-order valence-corrected chi connectivity index (χ3v) is 6.83. The Morgan fingerprint density at radius 1 is 1.20 bits per heavy atom. The molecule has 6 heteroatoms. The van der Waals surface area contributed by atoms with Crippen molar-refractivity contribution >= 4 is 48.8 Å². The summed E-state index contributed by atoms with van der Waals surface area (Å²) in [6.45, 7) is 4.03. The van der Waals surface area contributed by atoms with Crippen molar-refractivity contribution in [2.24, 2.45) is 0 Å². The Morgan fingerprint density at radius 3 is 2.76 bits per heavy atom. The van der Waals surface area contributed by atoms with Crippen LogP contribution in [0.25, 0.3) is 20.3 Å². The summed E-state index contributed by atoms with van der Waals surface area (Å²) in [5.74, 6) is -0.0482. The molecule has 3 aromatic heterocycles. The van der Waals surface area contributed by atoms with Crippen molar-refractivity contribution in [3.63, 3.8) is 0 Å². The molecular weight excluding hydrogens is 352 g/mol. The molecular formula is C19H16N2O2S2. The normalized spacial score (nSPS) is 11.4. The van der Waals surface area contributed by atoms with Crippen molar-refractivity contribution in [1.82, 2.24) is 9.55 Å². The second-order valence-electron chi connectivity index (χ2n) is 5.94. The fourth-order valence-electron chi connectivity index (χ4n) is 2.96. The first-order chi connectivity index (χ1) is 12.1. The topological polar surface area (TPSA) is 52.0 Å². The van der Waals surface area contributed by atoms with E-state index >= 15 is 0 Å². The molecule has 0 aliphatic heterocycles. The molecule has 0 unspecified atom stereocenters. The van der Waals surface area contributed by atoms with E-state index in [2.05, 4.69) is 11.9 Å². The maximum Gasteiger partial charge on any atom is 0.262 e. The van der Waals surface area contributed by atoms with Crippen LogP contribution in [0.2, 0.25) is 0 Å². The molecule has 0 saturated carbocycles. The predicted octanol–water partition coefficient (Wildman–Crippen LogP) is 4.43. The second kappa shape index (κ2) is 6.20. The number of aromatic nitrogens is 2. The molecule has 4 rings (SSSR count). The first-order valence-electron chi connectivity index (χ1n) is 8.07. The maximum absolute atomic E-state index is 12.8. The van der Waals surface area contributed by atoms with Crippen molar-refractivity contribution in [2.45, 2.75) is 26.8 Å². The molecule has 25 heavy (non-hydrogen) atoms. The number of aryl methyl sites for hydroxylation is 2. The summed E-state index contributed by atoms with van der Waals surface area (Å²) < 4.78 is 2.51. The summed E-state index contributed by atoms with van der Waals surface area (Å²) in [6, 6.07) is 9.87. The second-order valence-corrected chi connectivity index (χ2v) is 8.11. The molecule has 0 aliphatic carbocycles. The Hall–Kier alpha value is -2.31. The van der Waals surface area contributed by atoms with Gasteiger partial charge in [0.25, 0.3) is 5.56 Å². The number of hydrogen-bond acceptors (Lipinski definition) is 5. The van der Waals surface area contributed by atoms with Crippen molar-refractivity contribution in [2.75, 3.05) is 0 Å². The molecule has 0 radical (unpaired) electrons. The van der Waals surface area contributed by atoms with Gasteiger partial charge in [-0.2, -0.15) is 0 Å². The zero-order valence-corrected chi connectivity index (χ0v) is 15.5. The lowest BCUT2D eigenvalue weighted by atomic mass is 10.1. The molecule has 0 bridgehead atoms. The van der Waals surface area contributed by atoms with Crippen molar-refractivity contribution < 1.29 is 4.79 Å². The predicted molar refractivity (Wildman–Crippen MR) is 104 cm³/mol. The first-order valence-corrected chi connectivity index (χ1v) is 9.71. The summed E-state index contributed by atoms with van der Waals surface area (Å²) in [4.78, 5) is 32.4. The zero-order valence-electron chi connectivity index (χ0n) is 13.9. The Bertz CT molecular complexity index is 1170. The Morgan fingerprint density at radius 2 is 2.00 bits per heavy atom. The molecule has 0 aliphatic rings. The Kier molecular flexibility index (Phi) is 4.01. The van der Waals surface area contributed by atoms with Crippen LogP contribution in [0, 0.1) is 6.92 Å². The monoisotopic (exact) mass is 368 g/mol. The molecule has 0 fully saturated rings. The smallest absolute Gasteiger partial charge is 0.262 e. The number of fused-ring (bicyclic) bond motifs is 2. The van der Waals surface area contributed by atoms with E-state index in [1.807, 2.05) is 37.3 Å². The quantitative estimate of drug-likeness (QED) is 0.501. The number of thiophene rings is 2. The van der Waals surface area contributed by atoms with Gasteiger partial charge in [-0.1, -0.05) is 25.1 Å². The lowest BCUT2D eigenvalue weighted by Crippen LogP contribution is -2.24. The van der Waals surface area contributed by atoms with Crippen LogP contribution >= 0.6 is 22.7 Å². The van der Waals surface area contributed by atoms with Crippen LogP contribution in [0.3, 0.4) is 0 Å². The maximum atomic E-state index is 12.8. The number of Topliss-reactive ketones (excluding diaryl/α,β-unsaturated/α-hetero) is 1. The number of carbonyl (C=O) groups is 1.